The van der Waals surface area contributed by atoms with Crippen LogP contribution in [0.2, 0.25) is 5.02 Å². The lowest BCUT2D eigenvalue weighted by molar-refractivity contribution is 0.191. The van der Waals surface area contributed by atoms with Gasteiger partial charge in [0.05, 0.1) is 17.7 Å². The third-order valence-corrected chi connectivity index (χ3v) is 3.92. The number of aliphatic hydroxyl groups excluding tert-OH is 1. The van der Waals surface area contributed by atoms with Gasteiger partial charge in [-0.1, -0.05) is 41.4 Å². The summed E-state index contributed by atoms with van der Waals surface area (Å²) >= 11 is 6.42. The number of hydrogen-bond donors (Lipinski definition) is 2. The van der Waals surface area contributed by atoms with Crippen LogP contribution in [-0.2, 0) is 13.2 Å². The summed E-state index contributed by atoms with van der Waals surface area (Å²) in [6, 6.07) is 12.0. The number of nitrogens with one attached hydrogen (secondary N) is 1. The van der Waals surface area contributed by atoms with Crippen LogP contribution in [0.25, 0.3) is 0 Å². The average Bonchev–Trinajstić information content (AvgIpc) is 2.55. The zero-order valence-corrected chi connectivity index (χ0v) is 17.0. The Morgan fingerprint density at radius 2 is 1.81 bits per heavy atom. The van der Waals surface area contributed by atoms with E-state index in [2.05, 4.69) is 24.4 Å². The van der Waals surface area contributed by atoms with E-state index in [9.17, 15) is 5.11 Å². The highest BCUT2D eigenvalue weighted by Crippen LogP contribution is 2.37. The van der Waals surface area contributed by atoms with Crippen molar-refractivity contribution in [2.45, 2.75) is 40.0 Å². The van der Waals surface area contributed by atoms with E-state index in [-0.39, 0.29) is 18.5 Å². The van der Waals surface area contributed by atoms with E-state index >= 15 is 0 Å². The van der Waals surface area contributed by atoms with Gasteiger partial charge in [0.2, 0.25) is 0 Å². The lowest BCUT2D eigenvalue weighted by Crippen LogP contribution is -2.23. The van der Waals surface area contributed by atoms with Crippen LogP contribution in [0, 0.1) is 6.92 Å². The van der Waals surface area contributed by atoms with Crippen molar-refractivity contribution in [2.75, 3.05) is 13.2 Å². The minimum Gasteiger partial charge on any atom is -0.490 e. The van der Waals surface area contributed by atoms with Gasteiger partial charge in [-0.15, -0.1) is 12.4 Å². The van der Waals surface area contributed by atoms with E-state index in [0.29, 0.717) is 42.8 Å². The van der Waals surface area contributed by atoms with Crippen molar-refractivity contribution < 1.29 is 14.6 Å². The first-order valence-electron chi connectivity index (χ1n) is 8.52. The van der Waals surface area contributed by atoms with Gasteiger partial charge < -0.3 is 19.9 Å². The molecule has 0 fully saturated rings. The molecular weight excluding hydrogens is 373 g/mol. The molecule has 0 aromatic heterocycles. The van der Waals surface area contributed by atoms with Crippen LogP contribution in [0.1, 0.15) is 30.5 Å². The first-order chi connectivity index (χ1) is 12.0. The van der Waals surface area contributed by atoms with Crippen LogP contribution in [0.3, 0.4) is 0 Å². The number of halogens is 2. The fourth-order valence-electron chi connectivity index (χ4n) is 2.39. The molecule has 2 rings (SSSR count). The number of benzene rings is 2. The van der Waals surface area contributed by atoms with Crippen LogP contribution in [-0.4, -0.2) is 24.4 Å². The second-order valence-electron chi connectivity index (χ2n) is 6.09. The molecule has 0 aliphatic heterocycles. The monoisotopic (exact) mass is 399 g/mol. The highest BCUT2D eigenvalue weighted by Gasteiger charge is 2.13. The molecule has 0 radical (unpaired) electrons. The SMILES string of the molecule is CCOc1cc(CNCC(C)O)cc(Cl)c1OCc1ccc(C)cc1.Cl. The minimum absolute atomic E-state index is 0. The van der Waals surface area contributed by atoms with Crippen molar-refractivity contribution in [3.63, 3.8) is 0 Å². The Kier molecular flexibility index (Phi) is 9.81. The molecule has 0 heterocycles. The maximum absolute atomic E-state index is 9.33. The molecule has 6 heteroatoms. The molecule has 0 saturated heterocycles. The summed E-state index contributed by atoms with van der Waals surface area (Å²) < 4.78 is 11.6. The largest absolute Gasteiger partial charge is 0.490 e. The molecule has 0 amide bonds. The molecule has 4 nitrogen and oxygen atoms in total. The Labute approximate surface area is 166 Å². The molecule has 144 valence electrons. The van der Waals surface area contributed by atoms with Crippen molar-refractivity contribution in [1.82, 2.24) is 5.32 Å². The predicted octanol–water partition coefficient (Wildman–Crippen LogP) is 4.52. The molecule has 1 atom stereocenters. The standard InChI is InChI=1S/C20H26ClNO3.ClH/c1-4-24-19-10-17(12-22-11-15(3)23)9-18(21)20(19)25-13-16-7-5-14(2)6-8-16;/h5-10,15,22-23H,4,11-13H2,1-3H3;1H. The minimum atomic E-state index is -0.390. The molecule has 26 heavy (non-hydrogen) atoms. The first kappa shape index (κ1) is 22.6. The number of hydrogen-bond acceptors (Lipinski definition) is 4. The molecule has 0 aliphatic rings. The summed E-state index contributed by atoms with van der Waals surface area (Å²) in [4.78, 5) is 0. The highest BCUT2D eigenvalue weighted by molar-refractivity contribution is 6.32. The molecule has 0 spiro atoms. The number of ether oxygens (including phenoxy) is 2. The van der Waals surface area contributed by atoms with Crippen LogP contribution >= 0.6 is 24.0 Å². The molecule has 0 saturated carbocycles. The van der Waals surface area contributed by atoms with Crippen molar-refractivity contribution in [2.24, 2.45) is 0 Å². The van der Waals surface area contributed by atoms with Gasteiger partial charge in [-0.3, -0.25) is 0 Å². The zero-order chi connectivity index (χ0) is 18.2. The van der Waals surface area contributed by atoms with Crippen LogP contribution in [0.15, 0.2) is 36.4 Å². The van der Waals surface area contributed by atoms with Crippen LogP contribution in [0.5, 0.6) is 11.5 Å². The quantitative estimate of drug-likeness (QED) is 0.650. The van der Waals surface area contributed by atoms with Gasteiger partial charge in [0.15, 0.2) is 11.5 Å². The lowest BCUT2D eigenvalue weighted by atomic mass is 10.1. The van der Waals surface area contributed by atoms with E-state index in [4.69, 9.17) is 21.1 Å². The molecule has 0 aliphatic carbocycles. The molecular formula is C20H27Cl2NO3. The smallest absolute Gasteiger partial charge is 0.180 e. The summed E-state index contributed by atoms with van der Waals surface area (Å²) in [6.07, 6.45) is -0.390. The summed E-state index contributed by atoms with van der Waals surface area (Å²) in [5.74, 6) is 1.19. The topological polar surface area (TPSA) is 50.7 Å². The highest BCUT2D eigenvalue weighted by atomic mass is 35.5. The summed E-state index contributed by atoms with van der Waals surface area (Å²) in [5.41, 5.74) is 3.27. The number of aryl methyl sites for hydroxylation is 1. The molecule has 2 aromatic rings. The van der Waals surface area contributed by atoms with Crippen molar-refractivity contribution in [3.05, 3.63) is 58.1 Å². The fourth-order valence-corrected chi connectivity index (χ4v) is 2.68. The van der Waals surface area contributed by atoms with E-state index in [1.54, 1.807) is 6.92 Å². The second kappa shape index (κ2) is 11.3. The lowest BCUT2D eigenvalue weighted by Gasteiger charge is -2.16. The summed E-state index contributed by atoms with van der Waals surface area (Å²) in [5, 5.41) is 13.0. The first-order valence-corrected chi connectivity index (χ1v) is 8.89. The van der Waals surface area contributed by atoms with Gasteiger partial charge in [-0.05, 0) is 44.0 Å². The van der Waals surface area contributed by atoms with Gasteiger partial charge in [-0.2, -0.15) is 0 Å². The summed E-state index contributed by atoms with van der Waals surface area (Å²) in [6.45, 7) is 7.81. The zero-order valence-electron chi connectivity index (χ0n) is 15.4. The van der Waals surface area contributed by atoms with E-state index in [1.807, 2.05) is 31.2 Å². The van der Waals surface area contributed by atoms with Gasteiger partial charge in [0.1, 0.15) is 6.61 Å². The predicted molar refractivity (Wildman–Crippen MR) is 109 cm³/mol. The van der Waals surface area contributed by atoms with Gasteiger partial charge in [0, 0.05) is 13.1 Å². The van der Waals surface area contributed by atoms with Gasteiger partial charge >= 0.3 is 0 Å². The molecule has 1 unspecified atom stereocenters. The Morgan fingerprint density at radius 1 is 1.12 bits per heavy atom. The van der Waals surface area contributed by atoms with Crippen LogP contribution in [0.4, 0.5) is 0 Å². The Balaban J connectivity index is 0.00000338. The van der Waals surface area contributed by atoms with Crippen molar-refractivity contribution in [3.8, 4) is 11.5 Å². The van der Waals surface area contributed by atoms with Gasteiger partial charge in [-0.25, -0.2) is 0 Å². The molecule has 2 aromatic carbocycles. The van der Waals surface area contributed by atoms with Crippen molar-refractivity contribution >= 4 is 24.0 Å². The van der Waals surface area contributed by atoms with Gasteiger partial charge in [0.25, 0.3) is 0 Å². The number of aliphatic hydroxyl groups is 1. The Morgan fingerprint density at radius 3 is 2.42 bits per heavy atom. The normalized spacial score (nSPS) is 11.6. The molecule has 2 N–H and O–H groups in total. The van der Waals surface area contributed by atoms with Crippen molar-refractivity contribution in [1.29, 1.82) is 0 Å². The number of rotatable bonds is 9. The fraction of sp³-hybridized carbons (Fsp3) is 0.400. The summed E-state index contributed by atoms with van der Waals surface area (Å²) in [7, 11) is 0. The molecule has 0 bridgehead atoms. The Hall–Kier alpha value is -1.46. The Bertz CT molecular complexity index is 676. The third-order valence-electron chi connectivity index (χ3n) is 3.64. The third kappa shape index (κ3) is 7.04. The maximum Gasteiger partial charge on any atom is 0.180 e. The van der Waals surface area contributed by atoms with Crippen LogP contribution < -0.4 is 14.8 Å². The van der Waals surface area contributed by atoms with E-state index < -0.39 is 0 Å². The average molecular weight is 400 g/mol. The second-order valence-corrected chi connectivity index (χ2v) is 6.50. The van der Waals surface area contributed by atoms with E-state index in [1.165, 1.54) is 5.56 Å². The van der Waals surface area contributed by atoms with E-state index in [0.717, 1.165) is 11.1 Å². The maximum atomic E-state index is 9.33.